The van der Waals surface area contributed by atoms with Gasteiger partial charge in [0.2, 0.25) is 0 Å². The van der Waals surface area contributed by atoms with Crippen LogP contribution in [0.15, 0.2) is 60.7 Å². The minimum absolute atomic E-state index is 0.0660. The Balaban J connectivity index is 1.58. The average molecular weight is 405 g/mol. The number of aliphatic hydroxyl groups is 1. The Hall–Kier alpha value is -3.45. The Morgan fingerprint density at radius 3 is 2.70 bits per heavy atom. The van der Waals surface area contributed by atoms with Gasteiger partial charge in [-0.15, -0.1) is 0 Å². The monoisotopic (exact) mass is 405 g/mol. The molecule has 0 aromatic heterocycles. The lowest BCUT2D eigenvalue weighted by atomic mass is 9.98. The fourth-order valence-corrected chi connectivity index (χ4v) is 3.98. The van der Waals surface area contributed by atoms with Crippen LogP contribution >= 0.6 is 0 Å². The number of nitro benzene ring substituents is 1. The molecule has 1 aliphatic heterocycles. The number of benzene rings is 3. The summed E-state index contributed by atoms with van der Waals surface area (Å²) in [5.41, 5.74) is 1.25. The van der Waals surface area contributed by atoms with Gasteiger partial charge in [-0.2, -0.15) is 0 Å². The van der Waals surface area contributed by atoms with Crippen molar-refractivity contribution in [3.05, 3.63) is 76.3 Å². The van der Waals surface area contributed by atoms with Crippen molar-refractivity contribution in [3.8, 4) is 0 Å². The molecule has 1 fully saturated rings. The molecule has 0 radical (unpaired) electrons. The second-order valence-electron chi connectivity index (χ2n) is 7.61. The van der Waals surface area contributed by atoms with Crippen LogP contribution in [0.4, 0.5) is 17.1 Å². The minimum Gasteiger partial charge on any atom is -0.396 e. The molecular weight excluding hydrogens is 382 g/mol. The summed E-state index contributed by atoms with van der Waals surface area (Å²) in [4.78, 5) is 25.9. The highest BCUT2D eigenvalue weighted by molar-refractivity contribution is 6.06. The molecule has 154 valence electrons. The second-order valence-corrected chi connectivity index (χ2v) is 7.61. The standard InChI is InChI=1S/C23H23N3O4/c27-15-16-4-3-11-25(14-16)21-10-8-19(13-22(21)26(29)30)23(28)24-20-9-7-17-5-1-2-6-18(17)12-20/h1-2,5-10,12-13,16,27H,3-4,11,14-15H2,(H,24,28)/t16-/m1/s1. The normalized spacial score (nSPS) is 16.4. The minimum atomic E-state index is -0.454. The molecule has 1 heterocycles. The smallest absolute Gasteiger partial charge is 0.293 e. The van der Waals surface area contributed by atoms with Gasteiger partial charge in [0, 0.05) is 37.0 Å². The summed E-state index contributed by atoms with van der Waals surface area (Å²) in [6, 6.07) is 18.0. The van der Waals surface area contributed by atoms with Gasteiger partial charge >= 0.3 is 0 Å². The van der Waals surface area contributed by atoms with Gasteiger partial charge < -0.3 is 15.3 Å². The van der Waals surface area contributed by atoms with Gasteiger partial charge in [-0.25, -0.2) is 0 Å². The highest BCUT2D eigenvalue weighted by atomic mass is 16.6. The Kier molecular flexibility index (Phi) is 5.63. The summed E-state index contributed by atoms with van der Waals surface area (Å²) < 4.78 is 0. The first-order chi connectivity index (χ1) is 14.5. The fraction of sp³-hybridized carbons (Fsp3) is 0.261. The zero-order valence-electron chi connectivity index (χ0n) is 16.5. The summed E-state index contributed by atoms with van der Waals surface area (Å²) in [5.74, 6) is -0.291. The van der Waals surface area contributed by atoms with E-state index in [9.17, 15) is 20.0 Å². The first-order valence-electron chi connectivity index (χ1n) is 9.99. The number of nitro groups is 1. The van der Waals surface area contributed by atoms with Crippen LogP contribution in [0.2, 0.25) is 0 Å². The highest BCUT2D eigenvalue weighted by Gasteiger charge is 2.26. The number of fused-ring (bicyclic) bond motifs is 1. The summed E-state index contributed by atoms with van der Waals surface area (Å²) in [5, 5.41) is 26.0. The number of amides is 1. The molecule has 0 bridgehead atoms. The van der Waals surface area contributed by atoms with Crippen molar-refractivity contribution < 1.29 is 14.8 Å². The number of aliphatic hydroxyl groups excluding tert-OH is 1. The van der Waals surface area contributed by atoms with Crippen molar-refractivity contribution in [3.63, 3.8) is 0 Å². The van der Waals surface area contributed by atoms with Crippen LogP contribution in [-0.4, -0.2) is 35.6 Å². The maximum Gasteiger partial charge on any atom is 0.293 e. The maximum atomic E-state index is 12.7. The van der Waals surface area contributed by atoms with Crippen molar-refractivity contribution in [2.45, 2.75) is 12.8 Å². The molecule has 2 N–H and O–H groups in total. The molecule has 7 heteroatoms. The molecule has 0 spiro atoms. The third kappa shape index (κ3) is 4.11. The van der Waals surface area contributed by atoms with Crippen LogP contribution in [-0.2, 0) is 0 Å². The molecule has 4 rings (SSSR count). The predicted octanol–water partition coefficient (Wildman–Crippen LogP) is 4.21. The number of carbonyl (C=O) groups is 1. The third-order valence-corrected chi connectivity index (χ3v) is 5.56. The zero-order chi connectivity index (χ0) is 21.1. The van der Waals surface area contributed by atoms with Gasteiger partial charge in [0.1, 0.15) is 5.69 Å². The van der Waals surface area contributed by atoms with Crippen molar-refractivity contribution in [2.24, 2.45) is 5.92 Å². The third-order valence-electron chi connectivity index (χ3n) is 5.56. The summed E-state index contributed by atoms with van der Waals surface area (Å²) in [6.45, 7) is 1.33. The van der Waals surface area contributed by atoms with Gasteiger partial charge in [-0.1, -0.05) is 30.3 Å². The quantitative estimate of drug-likeness (QED) is 0.490. The second kappa shape index (κ2) is 8.51. The van der Waals surface area contributed by atoms with Crippen LogP contribution in [0.25, 0.3) is 10.8 Å². The van der Waals surface area contributed by atoms with E-state index in [1.165, 1.54) is 6.07 Å². The molecule has 3 aromatic rings. The largest absolute Gasteiger partial charge is 0.396 e. The molecule has 1 aliphatic rings. The molecule has 0 unspecified atom stereocenters. The molecule has 30 heavy (non-hydrogen) atoms. The van der Waals surface area contributed by atoms with Gasteiger partial charge in [-0.3, -0.25) is 14.9 Å². The number of nitrogens with zero attached hydrogens (tertiary/aromatic N) is 2. The Labute approximate surface area is 174 Å². The Morgan fingerprint density at radius 1 is 1.13 bits per heavy atom. The molecule has 0 saturated carbocycles. The molecule has 1 amide bonds. The van der Waals surface area contributed by atoms with E-state index in [4.69, 9.17) is 0 Å². The molecular formula is C23H23N3O4. The average Bonchev–Trinajstić information content (AvgIpc) is 2.78. The van der Waals surface area contributed by atoms with Crippen LogP contribution in [0.5, 0.6) is 0 Å². The highest BCUT2D eigenvalue weighted by Crippen LogP contribution is 2.32. The van der Waals surface area contributed by atoms with E-state index in [2.05, 4.69) is 5.32 Å². The summed E-state index contributed by atoms with van der Waals surface area (Å²) >= 11 is 0. The SMILES string of the molecule is O=C(Nc1ccc2ccccc2c1)c1ccc(N2CCC[C@@H](CO)C2)c([N+](=O)[O-])c1. The van der Waals surface area contributed by atoms with E-state index in [0.29, 0.717) is 24.5 Å². The van der Waals surface area contributed by atoms with Gasteiger partial charge in [0.25, 0.3) is 11.6 Å². The van der Waals surface area contributed by atoms with Gasteiger partial charge in [0.15, 0.2) is 0 Å². The van der Waals surface area contributed by atoms with Gasteiger partial charge in [-0.05, 0) is 53.8 Å². The van der Waals surface area contributed by atoms with E-state index in [-0.39, 0.29) is 23.8 Å². The van der Waals surface area contributed by atoms with Crippen LogP contribution < -0.4 is 10.2 Å². The van der Waals surface area contributed by atoms with E-state index in [1.54, 1.807) is 12.1 Å². The summed E-state index contributed by atoms with van der Waals surface area (Å²) in [6.07, 6.45) is 1.78. The van der Waals surface area contributed by atoms with Gasteiger partial charge in [0.05, 0.1) is 4.92 Å². The molecule has 1 saturated heterocycles. The lowest BCUT2D eigenvalue weighted by molar-refractivity contribution is -0.384. The van der Waals surface area contributed by atoms with Crippen LogP contribution in [0.1, 0.15) is 23.2 Å². The molecule has 7 nitrogen and oxygen atoms in total. The Bertz CT molecular complexity index is 1100. The number of hydrogen-bond acceptors (Lipinski definition) is 5. The van der Waals surface area contributed by atoms with Crippen molar-refractivity contribution in [1.82, 2.24) is 0 Å². The number of carbonyl (C=O) groups excluding carboxylic acids is 1. The summed E-state index contributed by atoms with van der Waals surface area (Å²) in [7, 11) is 0. The zero-order valence-corrected chi connectivity index (χ0v) is 16.5. The number of piperidine rings is 1. The van der Waals surface area contributed by atoms with E-state index in [1.807, 2.05) is 47.4 Å². The van der Waals surface area contributed by atoms with E-state index >= 15 is 0 Å². The first-order valence-corrected chi connectivity index (χ1v) is 9.99. The number of rotatable bonds is 5. The molecule has 3 aromatic carbocycles. The number of nitrogens with one attached hydrogen (secondary N) is 1. The maximum absolute atomic E-state index is 12.7. The van der Waals surface area contributed by atoms with Crippen molar-refractivity contribution in [1.29, 1.82) is 0 Å². The molecule has 0 aliphatic carbocycles. The topological polar surface area (TPSA) is 95.7 Å². The predicted molar refractivity (Wildman–Crippen MR) is 117 cm³/mol. The van der Waals surface area contributed by atoms with Crippen LogP contribution in [0.3, 0.4) is 0 Å². The van der Waals surface area contributed by atoms with Crippen LogP contribution in [0, 0.1) is 16.0 Å². The van der Waals surface area contributed by atoms with Crippen molar-refractivity contribution >= 4 is 33.7 Å². The fourth-order valence-electron chi connectivity index (χ4n) is 3.98. The number of hydrogen-bond donors (Lipinski definition) is 2. The Morgan fingerprint density at radius 2 is 1.93 bits per heavy atom. The van der Waals surface area contributed by atoms with E-state index in [0.717, 1.165) is 23.6 Å². The van der Waals surface area contributed by atoms with Crippen molar-refractivity contribution in [2.75, 3.05) is 29.9 Å². The lowest BCUT2D eigenvalue weighted by Gasteiger charge is -2.33. The van der Waals surface area contributed by atoms with E-state index < -0.39 is 10.8 Å². The lowest BCUT2D eigenvalue weighted by Crippen LogP contribution is -2.37. The first kappa shape index (κ1) is 19.8. The number of anilines is 2. The molecule has 1 atom stereocenters.